The van der Waals surface area contributed by atoms with Gasteiger partial charge in [0.05, 0.1) is 18.7 Å². The highest BCUT2D eigenvalue weighted by Crippen LogP contribution is 2.31. The van der Waals surface area contributed by atoms with Crippen molar-refractivity contribution < 1.29 is 13.6 Å². The van der Waals surface area contributed by atoms with Gasteiger partial charge in [-0.15, -0.1) is 0 Å². The van der Waals surface area contributed by atoms with Crippen LogP contribution in [0.5, 0.6) is 0 Å². The molecular weight excluding hydrogens is 300 g/mol. The molecule has 2 heterocycles. The van der Waals surface area contributed by atoms with E-state index < -0.39 is 11.6 Å². The van der Waals surface area contributed by atoms with Crippen LogP contribution in [-0.4, -0.2) is 27.1 Å². The number of halogens is 2. The SMILES string of the molecule is Cn1cc(C2CCCCN2C(=O)Cc2ccc(F)cc2F)cn1. The minimum absolute atomic E-state index is 0.0199. The van der Waals surface area contributed by atoms with Crippen LogP contribution in [0.1, 0.15) is 36.4 Å². The molecule has 122 valence electrons. The predicted molar refractivity (Wildman–Crippen MR) is 81.6 cm³/mol. The molecule has 4 nitrogen and oxygen atoms in total. The summed E-state index contributed by atoms with van der Waals surface area (Å²) in [5.74, 6) is -1.44. The Hall–Kier alpha value is -2.24. The minimum Gasteiger partial charge on any atom is -0.335 e. The third-order valence-electron chi connectivity index (χ3n) is 4.29. The van der Waals surface area contributed by atoms with Crippen LogP contribution in [0.4, 0.5) is 8.78 Å². The molecule has 1 aliphatic heterocycles. The van der Waals surface area contributed by atoms with Gasteiger partial charge in [0.2, 0.25) is 5.91 Å². The second-order valence-corrected chi connectivity index (χ2v) is 5.96. The zero-order valence-electron chi connectivity index (χ0n) is 13.0. The number of hydrogen-bond acceptors (Lipinski definition) is 2. The Morgan fingerprint density at radius 2 is 2.17 bits per heavy atom. The lowest BCUT2D eigenvalue weighted by atomic mass is 9.96. The number of amides is 1. The molecule has 1 saturated heterocycles. The van der Waals surface area contributed by atoms with Gasteiger partial charge >= 0.3 is 0 Å². The topological polar surface area (TPSA) is 38.1 Å². The van der Waals surface area contributed by atoms with Gasteiger partial charge in [-0.3, -0.25) is 9.48 Å². The van der Waals surface area contributed by atoms with E-state index in [1.807, 2.05) is 13.2 Å². The van der Waals surface area contributed by atoms with Crippen molar-refractivity contribution in [2.45, 2.75) is 31.7 Å². The van der Waals surface area contributed by atoms with Crippen LogP contribution in [-0.2, 0) is 18.3 Å². The maximum atomic E-state index is 13.8. The molecule has 0 saturated carbocycles. The van der Waals surface area contributed by atoms with Gasteiger partial charge in [-0.05, 0) is 30.9 Å². The first-order valence-corrected chi connectivity index (χ1v) is 7.76. The summed E-state index contributed by atoms with van der Waals surface area (Å²) in [6.45, 7) is 0.654. The van der Waals surface area contributed by atoms with Crippen LogP contribution in [0.25, 0.3) is 0 Å². The van der Waals surface area contributed by atoms with E-state index in [0.717, 1.165) is 30.9 Å². The Morgan fingerprint density at radius 3 is 2.87 bits per heavy atom. The number of hydrogen-bond donors (Lipinski definition) is 0. The van der Waals surface area contributed by atoms with E-state index in [0.29, 0.717) is 6.54 Å². The van der Waals surface area contributed by atoms with E-state index in [1.54, 1.807) is 15.8 Å². The Balaban J connectivity index is 1.78. The zero-order valence-corrected chi connectivity index (χ0v) is 13.0. The molecule has 1 unspecified atom stereocenters. The molecule has 23 heavy (non-hydrogen) atoms. The molecule has 3 rings (SSSR count). The van der Waals surface area contributed by atoms with E-state index in [4.69, 9.17) is 0 Å². The number of aromatic nitrogens is 2. The minimum atomic E-state index is -0.673. The lowest BCUT2D eigenvalue weighted by Gasteiger charge is -2.35. The number of benzene rings is 1. The quantitative estimate of drug-likeness (QED) is 0.872. The summed E-state index contributed by atoms with van der Waals surface area (Å²) in [5, 5.41) is 4.17. The van der Waals surface area contributed by atoms with Gasteiger partial charge in [0, 0.05) is 31.4 Å². The average molecular weight is 319 g/mol. The van der Waals surface area contributed by atoms with E-state index in [-0.39, 0.29) is 23.9 Å². The van der Waals surface area contributed by atoms with Crippen LogP contribution in [0.3, 0.4) is 0 Å². The second kappa shape index (κ2) is 6.48. The van der Waals surface area contributed by atoms with Gasteiger partial charge in [-0.1, -0.05) is 6.07 Å². The molecule has 0 bridgehead atoms. The molecule has 1 aromatic heterocycles. The Bertz CT molecular complexity index is 714. The van der Waals surface area contributed by atoms with Crippen molar-refractivity contribution in [2.75, 3.05) is 6.54 Å². The fourth-order valence-electron chi connectivity index (χ4n) is 3.12. The Kier molecular flexibility index (Phi) is 4.41. The maximum absolute atomic E-state index is 13.8. The first kappa shape index (κ1) is 15.6. The molecule has 1 amide bonds. The van der Waals surface area contributed by atoms with E-state index >= 15 is 0 Å². The standard InChI is InChI=1S/C17H19F2N3O/c1-21-11-13(10-20-21)16-4-2-3-7-22(16)17(23)8-12-5-6-14(18)9-15(12)19/h5-6,9-11,16H,2-4,7-8H2,1H3. The van der Waals surface area contributed by atoms with Crippen molar-refractivity contribution in [2.24, 2.45) is 7.05 Å². The van der Waals surface area contributed by atoms with Crippen LogP contribution < -0.4 is 0 Å². The van der Waals surface area contributed by atoms with Crippen molar-refractivity contribution in [3.63, 3.8) is 0 Å². The van der Waals surface area contributed by atoms with Gasteiger partial charge in [-0.25, -0.2) is 8.78 Å². The smallest absolute Gasteiger partial charge is 0.227 e. The van der Waals surface area contributed by atoms with Crippen molar-refractivity contribution in [3.8, 4) is 0 Å². The summed E-state index contributed by atoms with van der Waals surface area (Å²) in [5.41, 5.74) is 1.23. The molecule has 0 radical (unpaired) electrons. The van der Waals surface area contributed by atoms with Crippen molar-refractivity contribution in [1.82, 2.24) is 14.7 Å². The number of nitrogens with zero attached hydrogens (tertiary/aromatic N) is 3. The van der Waals surface area contributed by atoms with Gasteiger partial charge in [0.25, 0.3) is 0 Å². The first-order chi connectivity index (χ1) is 11.0. The summed E-state index contributed by atoms with van der Waals surface area (Å²) in [6.07, 6.45) is 6.50. The third kappa shape index (κ3) is 3.41. The van der Waals surface area contributed by atoms with Gasteiger partial charge < -0.3 is 4.90 Å². The van der Waals surface area contributed by atoms with Gasteiger partial charge in [0.1, 0.15) is 11.6 Å². The largest absolute Gasteiger partial charge is 0.335 e. The monoisotopic (exact) mass is 319 g/mol. The fourth-order valence-corrected chi connectivity index (χ4v) is 3.12. The molecule has 1 atom stereocenters. The average Bonchev–Trinajstić information content (AvgIpc) is 2.96. The van der Waals surface area contributed by atoms with Crippen LogP contribution in [0.2, 0.25) is 0 Å². The number of rotatable bonds is 3. The van der Waals surface area contributed by atoms with Crippen molar-refractivity contribution in [3.05, 3.63) is 53.4 Å². The first-order valence-electron chi connectivity index (χ1n) is 7.76. The number of aryl methyl sites for hydroxylation is 1. The molecule has 1 aromatic carbocycles. The maximum Gasteiger partial charge on any atom is 0.227 e. The molecule has 6 heteroatoms. The van der Waals surface area contributed by atoms with Crippen molar-refractivity contribution >= 4 is 5.91 Å². The predicted octanol–water partition coefficient (Wildman–Crippen LogP) is 2.99. The highest BCUT2D eigenvalue weighted by atomic mass is 19.1. The van der Waals surface area contributed by atoms with Gasteiger partial charge in [-0.2, -0.15) is 5.10 Å². The summed E-state index contributed by atoms with van der Waals surface area (Å²) in [4.78, 5) is 14.4. The van der Waals surface area contributed by atoms with Crippen LogP contribution in [0.15, 0.2) is 30.6 Å². The second-order valence-electron chi connectivity index (χ2n) is 5.96. The van der Waals surface area contributed by atoms with Crippen LogP contribution in [0, 0.1) is 11.6 Å². The number of carbonyl (C=O) groups is 1. The third-order valence-corrected chi connectivity index (χ3v) is 4.29. The Labute approximate surface area is 133 Å². The number of piperidine rings is 1. The highest BCUT2D eigenvalue weighted by Gasteiger charge is 2.29. The van der Waals surface area contributed by atoms with Crippen LogP contribution >= 0.6 is 0 Å². The summed E-state index contributed by atoms with van der Waals surface area (Å²) in [7, 11) is 1.84. The lowest BCUT2D eigenvalue weighted by molar-refractivity contribution is -0.134. The normalized spacial score (nSPS) is 18.2. The van der Waals surface area contributed by atoms with E-state index in [1.165, 1.54) is 12.1 Å². The van der Waals surface area contributed by atoms with Crippen molar-refractivity contribution in [1.29, 1.82) is 0 Å². The van der Waals surface area contributed by atoms with Gasteiger partial charge in [0.15, 0.2) is 0 Å². The molecule has 0 aliphatic carbocycles. The van der Waals surface area contributed by atoms with E-state index in [9.17, 15) is 13.6 Å². The fraction of sp³-hybridized carbons (Fsp3) is 0.412. The number of likely N-dealkylation sites (tertiary alicyclic amines) is 1. The highest BCUT2D eigenvalue weighted by molar-refractivity contribution is 5.79. The molecule has 2 aromatic rings. The Morgan fingerprint density at radius 1 is 1.35 bits per heavy atom. The molecule has 1 aliphatic rings. The molecule has 1 fully saturated rings. The number of carbonyl (C=O) groups excluding carboxylic acids is 1. The lowest BCUT2D eigenvalue weighted by Crippen LogP contribution is -2.39. The zero-order chi connectivity index (χ0) is 16.4. The molecule has 0 N–H and O–H groups in total. The summed E-state index contributed by atoms with van der Waals surface area (Å²) in [6, 6.07) is 3.32. The molecular formula is C17H19F2N3O. The summed E-state index contributed by atoms with van der Waals surface area (Å²) < 4.78 is 28.5. The molecule has 0 spiro atoms. The van der Waals surface area contributed by atoms with E-state index in [2.05, 4.69) is 5.10 Å². The summed E-state index contributed by atoms with van der Waals surface area (Å²) >= 11 is 0.